The number of halogens is 1. The molecule has 2 rings (SSSR count). The fourth-order valence-corrected chi connectivity index (χ4v) is 4.74. The molecule has 1 atom stereocenters. The first kappa shape index (κ1) is 13.0. The van der Waals surface area contributed by atoms with E-state index in [4.69, 9.17) is 11.6 Å². The lowest BCUT2D eigenvalue weighted by molar-refractivity contribution is 0.583. The van der Waals surface area contributed by atoms with Gasteiger partial charge in [0.15, 0.2) is 9.84 Å². The van der Waals surface area contributed by atoms with Crippen LogP contribution in [0.3, 0.4) is 0 Å². The molecule has 4 nitrogen and oxygen atoms in total. The van der Waals surface area contributed by atoms with E-state index < -0.39 is 15.2 Å². The molecule has 1 aliphatic heterocycles. The zero-order chi connectivity index (χ0) is 12.5. The van der Waals surface area contributed by atoms with Crippen molar-refractivity contribution in [1.82, 2.24) is 4.98 Å². The Morgan fingerprint density at radius 3 is 2.94 bits per heavy atom. The van der Waals surface area contributed by atoms with Gasteiger partial charge in [0.1, 0.15) is 16.3 Å². The van der Waals surface area contributed by atoms with Gasteiger partial charge in [-0.3, -0.25) is 0 Å². The number of sulfone groups is 1. The summed E-state index contributed by atoms with van der Waals surface area (Å²) in [5.74, 6) is 2.11. The van der Waals surface area contributed by atoms with Crippen molar-refractivity contribution < 1.29 is 8.42 Å². The lowest BCUT2D eigenvalue weighted by atomic mass is 10.4. The monoisotopic (exact) mass is 292 g/mol. The molecule has 1 aromatic rings. The van der Waals surface area contributed by atoms with Gasteiger partial charge < -0.3 is 4.90 Å². The van der Waals surface area contributed by atoms with E-state index in [-0.39, 0.29) is 0 Å². The first-order valence-electron chi connectivity index (χ1n) is 5.14. The highest BCUT2D eigenvalue weighted by atomic mass is 35.5. The van der Waals surface area contributed by atoms with Crippen LogP contribution in [0.5, 0.6) is 0 Å². The molecule has 0 amide bonds. The van der Waals surface area contributed by atoms with E-state index in [1.165, 1.54) is 6.26 Å². The minimum absolute atomic E-state index is 0.382. The second kappa shape index (κ2) is 5.04. The lowest BCUT2D eigenvalue weighted by Gasteiger charge is -2.34. The molecule has 17 heavy (non-hydrogen) atoms. The zero-order valence-corrected chi connectivity index (χ0v) is 11.7. The maximum atomic E-state index is 11.7. The normalized spacial score (nSPS) is 21.5. The summed E-state index contributed by atoms with van der Waals surface area (Å²) in [6.45, 7) is 0.676. The molecule has 1 aliphatic rings. The number of pyridine rings is 1. The van der Waals surface area contributed by atoms with Crippen LogP contribution in [0.2, 0.25) is 5.15 Å². The third-order valence-electron chi connectivity index (χ3n) is 2.57. The van der Waals surface area contributed by atoms with Crippen molar-refractivity contribution >= 4 is 39.0 Å². The van der Waals surface area contributed by atoms with E-state index in [2.05, 4.69) is 4.98 Å². The number of thioether (sulfide) groups is 1. The predicted molar refractivity (Wildman–Crippen MR) is 72.5 cm³/mol. The summed E-state index contributed by atoms with van der Waals surface area (Å²) in [5.41, 5.74) is 0. The summed E-state index contributed by atoms with van der Waals surface area (Å²) in [6, 6.07) is 5.25. The third-order valence-corrected chi connectivity index (χ3v) is 5.43. The van der Waals surface area contributed by atoms with Gasteiger partial charge >= 0.3 is 0 Å². The van der Waals surface area contributed by atoms with E-state index >= 15 is 0 Å². The van der Waals surface area contributed by atoms with Gasteiger partial charge in [-0.2, -0.15) is 11.8 Å². The molecule has 94 valence electrons. The highest BCUT2D eigenvalue weighted by molar-refractivity contribution is 8.01. The highest BCUT2D eigenvalue weighted by Gasteiger charge is 2.31. The first-order valence-corrected chi connectivity index (χ1v) is 8.63. The van der Waals surface area contributed by atoms with Gasteiger partial charge in [-0.15, -0.1) is 0 Å². The minimum Gasteiger partial charge on any atom is -0.338 e. The summed E-state index contributed by atoms with van der Waals surface area (Å²) in [5, 5.41) is -0.125. The molecular weight excluding hydrogens is 280 g/mol. The lowest BCUT2D eigenvalue weighted by Crippen LogP contribution is -2.47. The number of anilines is 1. The SMILES string of the molecule is CS(=O)(=O)C1CSCCN1c1cccc(Cl)n1. The van der Waals surface area contributed by atoms with E-state index in [0.717, 1.165) is 5.75 Å². The van der Waals surface area contributed by atoms with Crippen LogP contribution in [-0.2, 0) is 9.84 Å². The fraction of sp³-hybridized carbons (Fsp3) is 0.500. The summed E-state index contributed by atoms with van der Waals surface area (Å²) >= 11 is 7.48. The largest absolute Gasteiger partial charge is 0.338 e. The zero-order valence-electron chi connectivity index (χ0n) is 9.34. The Kier molecular flexibility index (Phi) is 3.85. The first-order chi connectivity index (χ1) is 7.98. The molecule has 7 heteroatoms. The standard InChI is InChI=1S/C10H13ClN2O2S2/c1-17(14,15)10-7-16-6-5-13(10)9-4-2-3-8(11)12-9/h2-4,10H,5-7H2,1H3. The van der Waals surface area contributed by atoms with Gasteiger partial charge in [0.05, 0.1) is 0 Å². The number of hydrogen-bond donors (Lipinski definition) is 0. The molecule has 1 saturated heterocycles. The second-order valence-corrected chi connectivity index (χ2v) is 7.61. The molecule has 0 saturated carbocycles. The van der Waals surface area contributed by atoms with Crippen molar-refractivity contribution in [2.45, 2.75) is 5.37 Å². The summed E-state index contributed by atoms with van der Waals surface area (Å²) in [7, 11) is -3.11. The van der Waals surface area contributed by atoms with Gasteiger partial charge in [0.25, 0.3) is 0 Å². The molecule has 0 radical (unpaired) electrons. The van der Waals surface area contributed by atoms with Crippen molar-refractivity contribution in [3.63, 3.8) is 0 Å². The number of rotatable bonds is 2. The maximum absolute atomic E-state index is 11.7. The summed E-state index contributed by atoms with van der Waals surface area (Å²) < 4.78 is 23.5. The van der Waals surface area contributed by atoms with Crippen molar-refractivity contribution in [2.75, 3.05) is 29.2 Å². The van der Waals surface area contributed by atoms with Crippen LogP contribution in [0.25, 0.3) is 0 Å². The highest BCUT2D eigenvalue weighted by Crippen LogP contribution is 2.26. The third kappa shape index (κ3) is 3.05. The topological polar surface area (TPSA) is 50.3 Å². The quantitative estimate of drug-likeness (QED) is 0.776. The van der Waals surface area contributed by atoms with Crippen molar-refractivity contribution in [3.05, 3.63) is 23.4 Å². The average Bonchev–Trinajstić information content (AvgIpc) is 2.28. The van der Waals surface area contributed by atoms with Gasteiger partial charge in [0, 0.05) is 24.3 Å². The van der Waals surface area contributed by atoms with Crippen LogP contribution < -0.4 is 4.90 Å². The Labute approximate surface area is 110 Å². The summed E-state index contributed by atoms with van der Waals surface area (Å²) in [6.07, 6.45) is 1.26. The van der Waals surface area contributed by atoms with Crippen LogP contribution in [0.4, 0.5) is 5.82 Å². The van der Waals surface area contributed by atoms with Crippen LogP contribution in [0.15, 0.2) is 18.2 Å². The maximum Gasteiger partial charge on any atom is 0.169 e. The van der Waals surface area contributed by atoms with Crippen molar-refractivity contribution in [1.29, 1.82) is 0 Å². The van der Waals surface area contributed by atoms with E-state index in [9.17, 15) is 8.42 Å². The van der Waals surface area contributed by atoms with Crippen molar-refractivity contribution in [3.8, 4) is 0 Å². The molecule has 2 heterocycles. The molecule has 0 N–H and O–H groups in total. The molecule has 1 fully saturated rings. The molecule has 1 aromatic heterocycles. The Hall–Kier alpha value is -0.460. The minimum atomic E-state index is -3.11. The van der Waals surface area contributed by atoms with Gasteiger partial charge in [0.2, 0.25) is 0 Å². The molecule has 1 unspecified atom stereocenters. The number of aromatic nitrogens is 1. The summed E-state index contributed by atoms with van der Waals surface area (Å²) in [4.78, 5) is 6.00. The average molecular weight is 293 g/mol. The number of nitrogens with zero attached hydrogens (tertiary/aromatic N) is 2. The van der Waals surface area contributed by atoms with Gasteiger partial charge in [-0.25, -0.2) is 13.4 Å². The molecule has 0 aliphatic carbocycles. The van der Waals surface area contributed by atoms with Gasteiger partial charge in [-0.05, 0) is 12.1 Å². The molecular formula is C10H13ClN2O2S2. The predicted octanol–water partition coefficient (Wildman–Crippen LogP) is 1.66. The van der Waals surface area contributed by atoms with Crippen LogP contribution in [0.1, 0.15) is 0 Å². The fourth-order valence-electron chi connectivity index (χ4n) is 1.76. The van der Waals surface area contributed by atoms with Crippen LogP contribution in [-0.4, -0.2) is 43.1 Å². The van der Waals surface area contributed by atoms with Crippen LogP contribution >= 0.6 is 23.4 Å². The Bertz CT molecular complexity index is 507. The van der Waals surface area contributed by atoms with E-state index in [1.807, 2.05) is 4.90 Å². The Balaban J connectivity index is 2.34. The van der Waals surface area contributed by atoms with E-state index in [1.54, 1.807) is 30.0 Å². The Morgan fingerprint density at radius 2 is 2.29 bits per heavy atom. The van der Waals surface area contributed by atoms with Crippen LogP contribution in [0, 0.1) is 0 Å². The van der Waals surface area contributed by atoms with E-state index in [0.29, 0.717) is 23.3 Å². The van der Waals surface area contributed by atoms with Gasteiger partial charge in [-0.1, -0.05) is 17.7 Å². The Morgan fingerprint density at radius 1 is 1.53 bits per heavy atom. The molecule has 0 bridgehead atoms. The smallest absolute Gasteiger partial charge is 0.169 e. The molecule has 0 aromatic carbocycles. The second-order valence-electron chi connectivity index (χ2n) is 3.87. The van der Waals surface area contributed by atoms with Crippen molar-refractivity contribution in [2.24, 2.45) is 0 Å². The molecule has 0 spiro atoms. The number of hydrogen-bond acceptors (Lipinski definition) is 5.